The minimum absolute atomic E-state index is 0.583. The topological polar surface area (TPSA) is 24.9 Å². The maximum Gasteiger partial charge on any atom is 0.0432 e. The number of nitrogens with zero attached hydrogens (tertiary/aromatic N) is 1. The molecule has 0 fully saturated rings. The van der Waals surface area contributed by atoms with Crippen LogP contribution in [-0.2, 0) is 6.54 Å². The largest absolute Gasteiger partial charge is 0.308 e. The first-order valence-corrected chi connectivity index (χ1v) is 4.68. The molecule has 2 nitrogen and oxygen atoms in total. The Labute approximate surface area is 87.6 Å². The van der Waals surface area contributed by atoms with Gasteiger partial charge in [-0.1, -0.05) is 29.3 Å². The number of nitrogens with one attached hydrogen (secondary N) is 1. The number of hydrogen-bond acceptors (Lipinski definition) is 2. The lowest BCUT2D eigenvalue weighted by atomic mass is 10.3. The SMILES string of the molecule is ClC=C(Cl)CNCc1cccnc1. The Kier molecular flexibility index (Phi) is 4.83. The van der Waals surface area contributed by atoms with Crippen LogP contribution in [0, 0.1) is 0 Å². The average Bonchev–Trinajstić information content (AvgIpc) is 2.19. The van der Waals surface area contributed by atoms with Gasteiger partial charge in [-0.15, -0.1) is 0 Å². The van der Waals surface area contributed by atoms with Crippen molar-refractivity contribution in [3.63, 3.8) is 0 Å². The summed E-state index contributed by atoms with van der Waals surface area (Å²) in [5.74, 6) is 0. The molecule has 70 valence electrons. The fraction of sp³-hybridized carbons (Fsp3) is 0.222. The molecule has 0 atom stereocenters. The van der Waals surface area contributed by atoms with E-state index < -0.39 is 0 Å². The van der Waals surface area contributed by atoms with Gasteiger partial charge in [0.2, 0.25) is 0 Å². The first kappa shape index (κ1) is 10.5. The zero-order chi connectivity index (χ0) is 9.52. The van der Waals surface area contributed by atoms with E-state index in [2.05, 4.69) is 10.3 Å². The maximum atomic E-state index is 5.68. The number of hydrogen-bond donors (Lipinski definition) is 1. The second kappa shape index (κ2) is 5.97. The molecule has 1 aromatic heterocycles. The molecular weight excluding hydrogens is 207 g/mol. The predicted molar refractivity (Wildman–Crippen MR) is 55.7 cm³/mol. The van der Waals surface area contributed by atoms with Crippen molar-refractivity contribution < 1.29 is 0 Å². The van der Waals surface area contributed by atoms with Gasteiger partial charge in [0.1, 0.15) is 0 Å². The van der Waals surface area contributed by atoms with Crippen LogP contribution in [0.15, 0.2) is 35.1 Å². The second-order valence-corrected chi connectivity index (χ2v) is 3.22. The number of halogens is 2. The van der Waals surface area contributed by atoms with Crippen LogP contribution in [0.4, 0.5) is 0 Å². The minimum atomic E-state index is 0.583. The van der Waals surface area contributed by atoms with E-state index in [0.29, 0.717) is 11.6 Å². The molecular formula is C9H10Cl2N2. The zero-order valence-corrected chi connectivity index (χ0v) is 8.52. The molecule has 1 N–H and O–H groups in total. The summed E-state index contributed by atoms with van der Waals surface area (Å²) >= 11 is 11.1. The molecule has 1 rings (SSSR count). The van der Waals surface area contributed by atoms with E-state index in [1.165, 1.54) is 5.54 Å². The maximum absolute atomic E-state index is 5.68. The van der Waals surface area contributed by atoms with Crippen LogP contribution in [0.5, 0.6) is 0 Å². The molecule has 0 bridgehead atoms. The summed E-state index contributed by atoms with van der Waals surface area (Å²) in [4.78, 5) is 3.99. The monoisotopic (exact) mass is 216 g/mol. The third-order valence-corrected chi connectivity index (χ3v) is 2.08. The molecule has 1 aromatic rings. The Morgan fingerprint density at radius 2 is 2.46 bits per heavy atom. The van der Waals surface area contributed by atoms with Gasteiger partial charge in [-0.05, 0) is 11.6 Å². The Balaban J connectivity index is 2.28. The van der Waals surface area contributed by atoms with Crippen LogP contribution in [0.1, 0.15) is 5.56 Å². The van der Waals surface area contributed by atoms with E-state index in [4.69, 9.17) is 23.2 Å². The lowest BCUT2D eigenvalue weighted by molar-refractivity contribution is 0.751. The summed E-state index contributed by atoms with van der Waals surface area (Å²) in [6.07, 6.45) is 3.56. The highest BCUT2D eigenvalue weighted by Gasteiger charge is 1.92. The van der Waals surface area contributed by atoms with Crippen molar-refractivity contribution in [2.24, 2.45) is 0 Å². The molecule has 0 aromatic carbocycles. The molecule has 1 heterocycles. The highest BCUT2D eigenvalue weighted by atomic mass is 35.5. The smallest absolute Gasteiger partial charge is 0.0432 e. The van der Waals surface area contributed by atoms with Gasteiger partial charge in [-0.25, -0.2) is 0 Å². The van der Waals surface area contributed by atoms with Gasteiger partial charge < -0.3 is 5.32 Å². The van der Waals surface area contributed by atoms with Gasteiger partial charge in [0.05, 0.1) is 0 Å². The molecule has 0 unspecified atom stereocenters. The first-order valence-electron chi connectivity index (χ1n) is 3.87. The third kappa shape index (κ3) is 4.27. The number of pyridine rings is 1. The molecule has 0 radical (unpaired) electrons. The van der Waals surface area contributed by atoms with Gasteiger partial charge in [-0.2, -0.15) is 0 Å². The number of rotatable bonds is 4. The molecule has 0 amide bonds. The van der Waals surface area contributed by atoms with Crippen molar-refractivity contribution in [2.75, 3.05) is 6.54 Å². The second-order valence-electron chi connectivity index (χ2n) is 2.52. The predicted octanol–water partition coefficient (Wildman–Crippen LogP) is 2.49. The Hall–Kier alpha value is -0.570. The quantitative estimate of drug-likeness (QED) is 0.837. The third-order valence-electron chi connectivity index (χ3n) is 1.46. The van der Waals surface area contributed by atoms with E-state index >= 15 is 0 Å². The van der Waals surface area contributed by atoms with Crippen molar-refractivity contribution in [3.8, 4) is 0 Å². The molecule has 0 aliphatic carbocycles. The van der Waals surface area contributed by atoms with Gasteiger partial charge in [-0.3, -0.25) is 4.98 Å². The van der Waals surface area contributed by atoms with Crippen LogP contribution in [-0.4, -0.2) is 11.5 Å². The lowest BCUT2D eigenvalue weighted by Gasteiger charge is -2.02. The van der Waals surface area contributed by atoms with Crippen LogP contribution in [0.3, 0.4) is 0 Å². The van der Waals surface area contributed by atoms with Crippen molar-refractivity contribution in [1.82, 2.24) is 10.3 Å². The van der Waals surface area contributed by atoms with Gasteiger partial charge in [0.15, 0.2) is 0 Å². The summed E-state index contributed by atoms with van der Waals surface area (Å²) in [5, 5.41) is 3.73. The lowest BCUT2D eigenvalue weighted by Crippen LogP contribution is -2.14. The van der Waals surface area contributed by atoms with E-state index in [1.807, 2.05) is 18.3 Å². The summed E-state index contributed by atoms with van der Waals surface area (Å²) < 4.78 is 0. The van der Waals surface area contributed by atoms with Gasteiger partial charge in [0, 0.05) is 36.1 Å². The minimum Gasteiger partial charge on any atom is -0.308 e. The van der Waals surface area contributed by atoms with Crippen LogP contribution in [0.2, 0.25) is 0 Å². The molecule has 0 saturated carbocycles. The van der Waals surface area contributed by atoms with Crippen molar-refractivity contribution in [3.05, 3.63) is 40.7 Å². The van der Waals surface area contributed by atoms with E-state index in [1.54, 1.807) is 6.20 Å². The van der Waals surface area contributed by atoms with Gasteiger partial charge in [0.25, 0.3) is 0 Å². The molecule has 4 heteroatoms. The standard InChI is InChI=1S/C9H10Cl2N2/c10-4-9(11)7-13-6-8-2-1-3-12-5-8/h1-5,13H,6-7H2. The Bertz CT molecular complexity index is 272. The Morgan fingerprint density at radius 1 is 1.62 bits per heavy atom. The summed E-state index contributed by atoms with van der Waals surface area (Å²) in [6.45, 7) is 1.33. The molecule has 13 heavy (non-hydrogen) atoms. The highest BCUT2D eigenvalue weighted by Crippen LogP contribution is 2.01. The van der Waals surface area contributed by atoms with Crippen LogP contribution >= 0.6 is 23.2 Å². The molecule has 0 aliphatic rings. The summed E-state index contributed by atoms with van der Waals surface area (Å²) in [7, 11) is 0. The van der Waals surface area contributed by atoms with E-state index in [0.717, 1.165) is 12.1 Å². The number of aromatic nitrogens is 1. The Morgan fingerprint density at radius 3 is 3.08 bits per heavy atom. The van der Waals surface area contributed by atoms with E-state index in [-0.39, 0.29) is 0 Å². The van der Waals surface area contributed by atoms with Gasteiger partial charge >= 0.3 is 0 Å². The van der Waals surface area contributed by atoms with Crippen LogP contribution in [0.25, 0.3) is 0 Å². The zero-order valence-electron chi connectivity index (χ0n) is 7.00. The normalized spacial score (nSPS) is 11.7. The van der Waals surface area contributed by atoms with E-state index in [9.17, 15) is 0 Å². The van der Waals surface area contributed by atoms with Crippen LogP contribution < -0.4 is 5.32 Å². The molecule has 0 saturated heterocycles. The fourth-order valence-corrected chi connectivity index (χ4v) is 1.04. The average molecular weight is 217 g/mol. The van der Waals surface area contributed by atoms with Crippen molar-refractivity contribution in [2.45, 2.75) is 6.54 Å². The van der Waals surface area contributed by atoms with Crippen molar-refractivity contribution >= 4 is 23.2 Å². The van der Waals surface area contributed by atoms with Crippen molar-refractivity contribution in [1.29, 1.82) is 0 Å². The fourth-order valence-electron chi connectivity index (χ4n) is 0.868. The summed E-state index contributed by atoms with van der Waals surface area (Å²) in [6, 6.07) is 3.90. The first-order chi connectivity index (χ1) is 6.33. The molecule has 0 spiro atoms. The molecule has 0 aliphatic heterocycles. The summed E-state index contributed by atoms with van der Waals surface area (Å²) in [5.41, 5.74) is 2.49. The highest BCUT2D eigenvalue weighted by molar-refractivity contribution is 6.36.